The number of carbonyl (C=O) groups is 2. The van der Waals surface area contributed by atoms with Crippen LogP contribution in [0, 0.1) is 0 Å². The Balaban J connectivity index is 1.76. The van der Waals surface area contributed by atoms with E-state index in [0.717, 1.165) is 13.1 Å². The van der Waals surface area contributed by atoms with Crippen molar-refractivity contribution in [2.75, 3.05) is 45.8 Å². The molecule has 0 aromatic heterocycles. The van der Waals surface area contributed by atoms with Gasteiger partial charge in [-0.25, -0.2) is 0 Å². The van der Waals surface area contributed by atoms with E-state index in [1.807, 2.05) is 9.80 Å². The summed E-state index contributed by atoms with van der Waals surface area (Å²) < 4.78 is 0. The van der Waals surface area contributed by atoms with Gasteiger partial charge in [0.25, 0.3) is 0 Å². The van der Waals surface area contributed by atoms with E-state index in [1.54, 1.807) is 6.92 Å². The van der Waals surface area contributed by atoms with E-state index >= 15 is 0 Å². The predicted octanol–water partition coefficient (Wildman–Crippen LogP) is 0.553. The number of rotatable bonds is 2. The summed E-state index contributed by atoms with van der Waals surface area (Å²) in [6.07, 6.45) is 5.01. The monoisotopic (exact) mass is 267 g/mol. The summed E-state index contributed by atoms with van der Waals surface area (Å²) in [5, 5.41) is 0. The minimum Gasteiger partial charge on any atom is -0.339 e. The smallest absolute Gasteiger partial charge is 0.236 e. The Kier molecular flexibility index (Phi) is 5.19. The molecule has 0 radical (unpaired) electrons. The fraction of sp³-hybridized carbons (Fsp3) is 0.857. The molecule has 0 saturated carbocycles. The number of nitrogens with zero attached hydrogens (tertiary/aromatic N) is 3. The van der Waals surface area contributed by atoms with Gasteiger partial charge in [0.1, 0.15) is 0 Å². The van der Waals surface area contributed by atoms with Gasteiger partial charge in [0.2, 0.25) is 11.8 Å². The van der Waals surface area contributed by atoms with Crippen LogP contribution in [0.15, 0.2) is 0 Å². The molecule has 0 spiro atoms. The van der Waals surface area contributed by atoms with Gasteiger partial charge in [-0.1, -0.05) is 12.8 Å². The number of carbonyl (C=O) groups excluding carboxylic acids is 2. The Labute approximate surface area is 115 Å². The van der Waals surface area contributed by atoms with E-state index in [0.29, 0.717) is 32.7 Å². The first-order chi connectivity index (χ1) is 9.16. The first-order valence-corrected chi connectivity index (χ1v) is 7.42. The Morgan fingerprint density at radius 3 is 1.84 bits per heavy atom. The summed E-state index contributed by atoms with van der Waals surface area (Å²) in [4.78, 5) is 29.5. The maximum atomic E-state index is 12.2. The number of hydrogen-bond acceptors (Lipinski definition) is 3. The zero-order chi connectivity index (χ0) is 13.7. The molecule has 2 heterocycles. The van der Waals surface area contributed by atoms with Gasteiger partial charge in [-0.2, -0.15) is 0 Å². The fourth-order valence-corrected chi connectivity index (χ4v) is 2.86. The van der Waals surface area contributed by atoms with Crippen LogP contribution >= 0.6 is 0 Å². The van der Waals surface area contributed by atoms with Crippen molar-refractivity contribution in [3.8, 4) is 0 Å². The quantitative estimate of drug-likeness (QED) is 0.734. The van der Waals surface area contributed by atoms with Crippen molar-refractivity contribution in [3.63, 3.8) is 0 Å². The summed E-state index contributed by atoms with van der Waals surface area (Å²) in [6, 6.07) is 0. The molecular formula is C14H25N3O2. The van der Waals surface area contributed by atoms with Crippen molar-refractivity contribution in [2.45, 2.75) is 32.6 Å². The van der Waals surface area contributed by atoms with Gasteiger partial charge >= 0.3 is 0 Å². The molecule has 0 N–H and O–H groups in total. The zero-order valence-electron chi connectivity index (χ0n) is 11.9. The van der Waals surface area contributed by atoms with Crippen molar-refractivity contribution in [3.05, 3.63) is 0 Å². The highest BCUT2D eigenvalue weighted by Crippen LogP contribution is 2.10. The number of hydrogen-bond donors (Lipinski definition) is 0. The van der Waals surface area contributed by atoms with Crippen LogP contribution in [0.25, 0.3) is 0 Å². The van der Waals surface area contributed by atoms with Gasteiger partial charge in [0.15, 0.2) is 0 Å². The molecule has 2 aliphatic rings. The van der Waals surface area contributed by atoms with E-state index in [4.69, 9.17) is 0 Å². The minimum atomic E-state index is 0.111. The maximum Gasteiger partial charge on any atom is 0.236 e. The third kappa shape index (κ3) is 4.20. The van der Waals surface area contributed by atoms with Gasteiger partial charge in [-0.3, -0.25) is 14.5 Å². The fourth-order valence-electron chi connectivity index (χ4n) is 2.86. The lowest BCUT2D eigenvalue weighted by molar-refractivity contribution is -0.139. The summed E-state index contributed by atoms with van der Waals surface area (Å²) in [6.45, 7) is 6.99. The van der Waals surface area contributed by atoms with Gasteiger partial charge in [-0.05, 0) is 25.9 Å². The summed E-state index contributed by atoms with van der Waals surface area (Å²) in [5.74, 6) is 0.338. The minimum absolute atomic E-state index is 0.111. The molecule has 19 heavy (non-hydrogen) atoms. The van der Waals surface area contributed by atoms with E-state index < -0.39 is 0 Å². The third-order valence-corrected chi connectivity index (χ3v) is 4.14. The van der Waals surface area contributed by atoms with Gasteiger partial charge < -0.3 is 9.80 Å². The second-order valence-electron chi connectivity index (χ2n) is 5.58. The zero-order valence-corrected chi connectivity index (χ0v) is 11.9. The molecule has 0 aliphatic carbocycles. The van der Waals surface area contributed by atoms with Crippen molar-refractivity contribution in [1.29, 1.82) is 0 Å². The molecule has 2 aliphatic heterocycles. The van der Waals surface area contributed by atoms with Crippen LogP contribution in [-0.4, -0.2) is 72.3 Å². The van der Waals surface area contributed by atoms with Crippen LogP contribution in [0.2, 0.25) is 0 Å². The Bertz CT molecular complexity index is 317. The van der Waals surface area contributed by atoms with E-state index in [1.165, 1.54) is 25.7 Å². The van der Waals surface area contributed by atoms with Crippen LogP contribution in [0.1, 0.15) is 32.6 Å². The van der Waals surface area contributed by atoms with Gasteiger partial charge in [-0.15, -0.1) is 0 Å². The predicted molar refractivity (Wildman–Crippen MR) is 73.7 cm³/mol. The first-order valence-electron chi connectivity index (χ1n) is 7.42. The molecule has 0 atom stereocenters. The Morgan fingerprint density at radius 2 is 1.32 bits per heavy atom. The second-order valence-corrected chi connectivity index (χ2v) is 5.58. The molecule has 2 rings (SSSR count). The van der Waals surface area contributed by atoms with Crippen molar-refractivity contribution < 1.29 is 9.59 Å². The summed E-state index contributed by atoms with van der Waals surface area (Å²) in [7, 11) is 0. The van der Waals surface area contributed by atoms with Crippen LogP contribution in [0.3, 0.4) is 0 Å². The van der Waals surface area contributed by atoms with Gasteiger partial charge in [0.05, 0.1) is 6.54 Å². The van der Waals surface area contributed by atoms with Crippen molar-refractivity contribution in [1.82, 2.24) is 14.7 Å². The molecule has 5 heteroatoms. The molecule has 2 fully saturated rings. The van der Waals surface area contributed by atoms with Crippen LogP contribution in [0.5, 0.6) is 0 Å². The topological polar surface area (TPSA) is 43.9 Å². The highest BCUT2D eigenvalue weighted by Gasteiger charge is 2.23. The van der Waals surface area contributed by atoms with Crippen LogP contribution in [0.4, 0.5) is 0 Å². The van der Waals surface area contributed by atoms with Crippen molar-refractivity contribution in [2.24, 2.45) is 0 Å². The molecule has 2 amide bonds. The lowest BCUT2D eigenvalue weighted by atomic mass is 10.2. The highest BCUT2D eigenvalue weighted by atomic mass is 16.2. The first kappa shape index (κ1) is 14.3. The van der Waals surface area contributed by atoms with Gasteiger partial charge in [0, 0.05) is 33.1 Å². The third-order valence-electron chi connectivity index (χ3n) is 4.14. The summed E-state index contributed by atoms with van der Waals surface area (Å²) in [5.41, 5.74) is 0. The van der Waals surface area contributed by atoms with Crippen LogP contribution < -0.4 is 0 Å². The number of likely N-dealkylation sites (tertiary alicyclic amines) is 1. The van der Waals surface area contributed by atoms with E-state index in [9.17, 15) is 9.59 Å². The molecule has 5 nitrogen and oxygen atoms in total. The maximum absolute atomic E-state index is 12.2. The SMILES string of the molecule is CC(=O)N1CCN(C(=O)CN2CCCCCC2)CC1. The molecule has 0 unspecified atom stereocenters. The molecule has 0 aromatic rings. The molecule has 108 valence electrons. The average Bonchev–Trinajstić information content (AvgIpc) is 2.67. The largest absolute Gasteiger partial charge is 0.339 e. The Hall–Kier alpha value is -1.10. The summed E-state index contributed by atoms with van der Waals surface area (Å²) >= 11 is 0. The second kappa shape index (κ2) is 6.89. The molecule has 0 aromatic carbocycles. The Morgan fingerprint density at radius 1 is 0.789 bits per heavy atom. The standard InChI is InChI=1S/C14H25N3O2/c1-13(18)16-8-10-17(11-9-16)14(19)12-15-6-4-2-3-5-7-15/h2-12H2,1H3. The lowest BCUT2D eigenvalue weighted by Crippen LogP contribution is -2.52. The average molecular weight is 267 g/mol. The number of piperazine rings is 1. The molecule has 0 bridgehead atoms. The number of amides is 2. The van der Waals surface area contributed by atoms with E-state index in [2.05, 4.69) is 4.90 Å². The molecule has 2 saturated heterocycles. The highest BCUT2D eigenvalue weighted by molar-refractivity contribution is 5.79. The van der Waals surface area contributed by atoms with Crippen LogP contribution in [-0.2, 0) is 9.59 Å². The normalized spacial score (nSPS) is 22.2. The lowest BCUT2D eigenvalue weighted by Gasteiger charge is -2.35. The van der Waals surface area contributed by atoms with E-state index in [-0.39, 0.29) is 11.8 Å². The van der Waals surface area contributed by atoms with Crippen molar-refractivity contribution >= 4 is 11.8 Å². The molecular weight excluding hydrogens is 242 g/mol.